The summed E-state index contributed by atoms with van der Waals surface area (Å²) >= 11 is 0. The number of hydrogen-bond acceptors (Lipinski definition) is 2. The van der Waals surface area contributed by atoms with Crippen LogP contribution in [0.4, 0.5) is 5.69 Å². The first-order chi connectivity index (χ1) is 9.20. The number of rotatable bonds is 4. The van der Waals surface area contributed by atoms with Crippen LogP contribution in [0.1, 0.15) is 21.6 Å². The normalized spacial score (nSPS) is 10.6. The monoisotopic (exact) mass is 254 g/mol. The number of aromatic amines is 1. The van der Waals surface area contributed by atoms with Crippen molar-refractivity contribution in [3.63, 3.8) is 0 Å². The SMILES string of the molecule is Cc1cc[nH]c1C(=O)Nc1cccc(/C=C/C=O)c1. The summed E-state index contributed by atoms with van der Waals surface area (Å²) in [4.78, 5) is 25.2. The summed E-state index contributed by atoms with van der Waals surface area (Å²) in [5.41, 5.74) is 2.99. The molecule has 0 spiro atoms. The molecule has 2 N–H and O–H groups in total. The molecule has 0 unspecified atom stereocenters. The lowest BCUT2D eigenvalue weighted by Crippen LogP contribution is -2.13. The van der Waals surface area contributed by atoms with Crippen molar-refractivity contribution in [1.29, 1.82) is 0 Å². The van der Waals surface area contributed by atoms with E-state index in [9.17, 15) is 9.59 Å². The maximum Gasteiger partial charge on any atom is 0.272 e. The lowest BCUT2D eigenvalue weighted by molar-refractivity contribution is -0.104. The average molecular weight is 254 g/mol. The van der Waals surface area contributed by atoms with Crippen molar-refractivity contribution < 1.29 is 9.59 Å². The first-order valence-electron chi connectivity index (χ1n) is 5.88. The van der Waals surface area contributed by atoms with Crippen molar-refractivity contribution in [2.24, 2.45) is 0 Å². The van der Waals surface area contributed by atoms with Crippen LogP contribution >= 0.6 is 0 Å². The molecule has 4 nitrogen and oxygen atoms in total. The van der Waals surface area contributed by atoms with E-state index in [1.165, 1.54) is 6.08 Å². The molecule has 19 heavy (non-hydrogen) atoms. The van der Waals surface area contributed by atoms with Gasteiger partial charge in [-0.1, -0.05) is 18.2 Å². The van der Waals surface area contributed by atoms with Gasteiger partial charge in [0.15, 0.2) is 0 Å². The van der Waals surface area contributed by atoms with E-state index >= 15 is 0 Å². The standard InChI is InChI=1S/C15H14N2O2/c1-11-7-8-16-14(11)15(19)17-13-6-2-4-12(10-13)5-3-9-18/h2-10,16H,1H3,(H,17,19)/b5-3+. The Morgan fingerprint density at radius 1 is 1.32 bits per heavy atom. The predicted molar refractivity (Wildman–Crippen MR) is 75.0 cm³/mol. The summed E-state index contributed by atoms with van der Waals surface area (Å²) in [6.07, 6.45) is 5.54. The number of carbonyl (C=O) groups excluding carboxylic acids is 2. The minimum Gasteiger partial charge on any atom is -0.357 e. The van der Waals surface area contributed by atoms with Gasteiger partial charge in [-0.05, 0) is 42.3 Å². The van der Waals surface area contributed by atoms with Gasteiger partial charge in [0.05, 0.1) is 0 Å². The molecule has 1 heterocycles. The summed E-state index contributed by atoms with van der Waals surface area (Å²) in [5, 5.41) is 2.81. The van der Waals surface area contributed by atoms with E-state index < -0.39 is 0 Å². The molecule has 0 fully saturated rings. The van der Waals surface area contributed by atoms with Crippen LogP contribution in [0.5, 0.6) is 0 Å². The van der Waals surface area contributed by atoms with Gasteiger partial charge in [0.2, 0.25) is 0 Å². The Hall–Kier alpha value is -2.62. The van der Waals surface area contributed by atoms with E-state index in [0.29, 0.717) is 17.7 Å². The Bertz CT molecular complexity index is 627. The lowest BCUT2D eigenvalue weighted by atomic mass is 10.2. The second-order valence-electron chi connectivity index (χ2n) is 4.11. The number of anilines is 1. The third kappa shape index (κ3) is 3.19. The van der Waals surface area contributed by atoms with Gasteiger partial charge >= 0.3 is 0 Å². The van der Waals surface area contributed by atoms with E-state index in [1.54, 1.807) is 24.4 Å². The van der Waals surface area contributed by atoms with Gasteiger partial charge in [-0.2, -0.15) is 0 Å². The molecule has 2 rings (SSSR count). The van der Waals surface area contributed by atoms with Crippen molar-refractivity contribution in [2.45, 2.75) is 6.92 Å². The Morgan fingerprint density at radius 2 is 2.16 bits per heavy atom. The maximum absolute atomic E-state index is 12.0. The van der Waals surface area contributed by atoms with Crippen molar-refractivity contribution >= 4 is 24.0 Å². The topological polar surface area (TPSA) is 62.0 Å². The fourth-order valence-electron chi connectivity index (χ4n) is 1.76. The molecule has 1 amide bonds. The fourth-order valence-corrected chi connectivity index (χ4v) is 1.76. The van der Waals surface area contributed by atoms with Crippen molar-refractivity contribution in [1.82, 2.24) is 4.98 Å². The van der Waals surface area contributed by atoms with Crippen LogP contribution in [0, 0.1) is 6.92 Å². The molecule has 0 atom stereocenters. The summed E-state index contributed by atoms with van der Waals surface area (Å²) in [5.74, 6) is -0.181. The average Bonchev–Trinajstić information content (AvgIpc) is 2.83. The number of H-pyrrole nitrogens is 1. The number of amides is 1. The van der Waals surface area contributed by atoms with E-state index in [4.69, 9.17) is 0 Å². The Morgan fingerprint density at radius 3 is 2.84 bits per heavy atom. The minimum atomic E-state index is -0.181. The number of nitrogens with one attached hydrogen (secondary N) is 2. The number of carbonyl (C=O) groups is 2. The third-order valence-corrected chi connectivity index (χ3v) is 2.69. The van der Waals surface area contributed by atoms with E-state index in [2.05, 4.69) is 10.3 Å². The molecular formula is C15H14N2O2. The van der Waals surface area contributed by atoms with Gasteiger partial charge in [-0.15, -0.1) is 0 Å². The summed E-state index contributed by atoms with van der Waals surface area (Å²) < 4.78 is 0. The largest absolute Gasteiger partial charge is 0.357 e. The molecule has 4 heteroatoms. The second-order valence-corrected chi connectivity index (χ2v) is 4.11. The highest BCUT2D eigenvalue weighted by atomic mass is 16.1. The molecule has 0 aliphatic heterocycles. The predicted octanol–water partition coefficient (Wildman–Crippen LogP) is 2.79. The number of benzene rings is 1. The molecule has 0 saturated carbocycles. The van der Waals surface area contributed by atoms with Gasteiger partial charge in [0, 0.05) is 11.9 Å². The van der Waals surface area contributed by atoms with Gasteiger partial charge in [-0.25, -0.2) is 0 Å². The molecule has 1 aromatic heterocycles. The lowest BCUT2D eigenvalue weighted by Gasteiger charge is -2.05. The van der Waals surface area contributed by atoms with Crippen molar-refractivity contribution in [2.75, 3.05) is 5.32 Å². The zero-order valence-electron chi connectivity index (χ0n) is 10.5. The molecule has 0 bridgehead atoms. The molecule has 0 aliphatic rings. The number of aldehydes is 1. The van der Waals surface area contributed by atoms with Crippen LogP contribution in [-0.2, 0) is 4.79 Å². The first-order valence-corrected chi connectivity index (χ1v) is 5.88. The van der Waals surface area contributed by atoms with Crippen LogP contribution < -0.4 is 5.32 Å². The summed E-state index contributed by atoms with van der Waals surface area (Å²) in [7, 11) is 0. The fraction of sp³-hybridized carbons (Fsp3) is 0.0667. The first kappa shape index (κ1) is 12.8. The van der Waals surface area contributed by atoms with Crippen LogP contribution in [0.3, 0.4) is 0 Å². The highest BCUT2D eigenvalue weighted by Gasteiger charge is 2.09. The van der Waals surface area contributed by atoms with Gasteiger partial charge in [-0.3, -0.25) is 9.59 Å². The molecule has 0 saturated heterocycles. The second kappa shape index (κ2) is 5.82. The molecular weight excluding hydrogens is 240 g/mol. The van der Waals surface area contributed by atoms with E-state index in [0.717, 1.165) is 11.1 Å². The quantitative estimate of drug-likeness (QED) is 0.651. The third-order valence-electron chi connectivity index (χ3n) is 2.69. The zero-order valence-corrected chi connectivity index (χ0v) is 10.5. The van der Waals surface area contributed by atoms with E-state index in [1.807, 2.05) is 25.1 Å². The van der Waals surface area contributed by atoms with Crippen LogP contribution in [0.2, 0.25) is 0 Å². The van der Waals surface area contributed by atoms with Crippen molar-refractivity contribution in [3.05, 3.63) is 59.4 Å². The Kier molecular flexibility index (Phi) is 3.93. The number of hydrogen-bond donors (Lipinski definition) is 2. The van der Waals surface area contributed by atoms with Crippen molar-refractivity contribution in [3.8, 4) is 0 Å². The zero-order chi connectivity index (χ0) is 13.7. The molecule has 96 valence electrons. The molecule has 2 aromatic rings. The summed E-state index contributed by atoms with van der Waals surface area (Å²) in [6, 6.07) is 9.12. The van der Waals surface area contributed by atoms with Crippen LogP contribution in [-0.4, -0.2) is 17.2 Å². The van der Waals surface area contributed by atoms with Gasteiger partial charge < -0.3 is 10.3 Å². The summed E-state index contributed by atoms with van der Waals surface area (Å²) in [6.45, 7) is 1.87. The van der Waals surface area contributed by atoms with Gasteiger partial charge in [0.25, 0.3) is 5.91 Å². The smallest absolute Gasteiger partial charge is 0.272 e. The Balaban J connectivity index is 2.15. The highest BCUT2D eigenvalue weighted by Crippen LogP contribution is 2.14. The minimum absolute atomic E-state index is 0.181. The molecule has 0 radical (unpaired) electrons. The molecule has 1 aromatic carbocycles. The number of allylic oxidation sites excluding steroid dienone is 1. The Labute approximate surface area is 111 Å². The van der Waals surface area contributed by atoms with Crippen LogP contribution in [0.25, 0.3) is 6.08 Å². The molecule has 0 aliphatic carbocycles. The van der Waals surface area contributed by atoms with Crippen LogP contribution in [0.15, 0.2) is 42.6 Å². The van der Waals surface area contributed by atoms with E-state index in [-0.39, 0.29) is 5.91 Å². The number of aryl methyl sites for hydroxylation is 1. The highest BCUT2D eigenvalue weighted by molar-refractivity contribution is 6.04. The number of aromatic nitrogens is 1. The van der Waals surface area contributed by atoms with Gasteiger partial charge in [0.1, 0.15) is 12.0 Å². The maximum atomic E-state index is 12.0.